The molecule has 2 rings (SSSR count). The van der Waals surface area contributed by atoms with Crippen LogP contribution in [-0.4, -0.2) is 23.2 Å². The molecule has 0 fully saturated rings. The maximum Gasteiger partial charge on any atom is 0.224 e. The second kappa shape index (κ2) is 4.94. The smallest absolute Gasteiger partial charge is 0.224 e. The molecule has 0 bridgehead atoms. The first-order valence-corrected chi connectivity index (χ1v) is 5.44. The largest absolute Gasteiger partial charge is 0.389 e. The predicted octanol–water partition coefficient (Wildman–Crippen LogP) is 1.03. The molecule has 0 aromatic heterocycles. The van der Waals surface area contributed by atoms with Crippen molar-refractivity contribution < 1.29 is 9.90 Å². The van der Waals surface area contributed by atoms with E-state index in [9.17, 15) is 9.90 Å². The minimum atomic E-state index is -0.415. The number of nitrogens with one attached hydrogen (secondary N) is 1. The van der Waals surface area contributed by atoms with Crippen LogP contribution in [0.15, 0.2) is 42.5 Å². The van der Waals surface area contributed by atoms with Crippen molar-refractivity contribution in [3.8, 4) is 0 Å². The number of carbonyl (C=O) groups excluding carboxylic acids is 1. The molecular weight excluding hydrogens is 202 g/mol. The van der Waals surface area contributed by atoms with E-state index in [1.165, 1.54) is 0 Å². The van der Waals surface area contributed by atoms with Gasteiger partial charge in [0.1, 0.15) is 0 Å². The molecule has 2 atom stereocenters. The van der Waals surface area contributed by atoms with Gasteiger partial charge in [-0.05, 0) is 5.56 Å². The van der Waals surface area contributed by atoms with Crippen molar-refractivity contribution in [3.05, 3.63) is 48.0 Å². The van der Waals surface area contributed by atoms with E-state index in [0.717, 1.165) is 5.56 Å². The Morgan fingerprint density at radius 1 is 1.31 bits per heavy atom. The highest BCUT2D eigenvalue weighted by molar-refractivity contribution is 5.79. The lowest BCUT2D eigenvalue weighted by Crippen LogP contribution is -2.34. The van der Waals surface area contributed by atoms with E-state index in [4.69, 9.17) is 0 Å². The van der Waals surface area contributed by atoms with Gasteiger partial charge in [-0.15, -0.1) is 0 Å². The molecule has 1 amide bonds. The minimum absolute atomic E-state index is 0.00468. The molecule has 0 heterocycles. The number of aliphatic hydroxyl groups excluding tert-OH is 1. The van der Waals surface area contributed by atoms with Crippen molar-refractivity contribution >= 4 is 5.91 Å². The van der Waals surface area contributed by atoms with Gasteiger partial charge in [0.2, 0.25) is 5.91 Å². The van der Waals surface area contributed by atoms with E-state index >= 15 is 0 Å². The third-order valence-electron chi connectivity index (χ3n) is 2.61. The molecule has 0 aliphatic heterocycles. The van der Waals surface area contributed by atoms with Gasteiger partial charge in [0.05, 0.1) is 12.5 Å². The number of carbonyl (C=O) groups is 1. The Morgan fingerprint density at radius 2 is 2.06 bits per heavy atom. The number of aliphatic hydroxyl groups is 1. The van der Waals surface area contributed by atoms with Gasteiger partial charge in [0.15, 0.2) is 0 Å². The third-order valence-corrected chi connectivity index (χ3v) is 2.61. The Labute approximate surface area is 94.8 Å². The molecule has 1 aromatic carbocycles. The maximum absolute atomic E-state index is 11.6. The van der Waals surface area contributed by atoms with E-state index < -0.39 is 6.10 Å². The van der Waals surface area contributed by atoms with Gasteiger partial charge in [-0.2, -0.15) is 0 Å². The average molecular weight is 217 g/mol. The van der Waals surface area contributed by atoms with Crippen molar-refractivity contribution in [1.29, 1.82) is 0 Å². The molecule has 0 unspecified atom stereocenters. The summed E-state index contributed by atoms with van der Waals surface area (Å²) >= 11 is 0. The van der Waals surface area contributed by atoms with Gasteiger partial charge >= 0.3 is 0 Å². The highest BCUT2D eigenvalue weighted by Gasteiger charge is 2.18. The van der Waals surface area contributed by atoms with Crippen LogP contribution in [0.3, 0.4) is 0 Å². The summed E-state index contributed by atoms with van der Waals surface area (Å²) in [6.07, 6.45) is 4.12. The first-order chi connectivity index (χ1) is 7.74. The van der Waals surface area contributed by atoms with Gasteiger partial charge in [-0.25, -0.2) is 0 Å². The van der Waals surface area contributed by atoms with Crippen LogP contribution < -0.4 is 5.32 Å². The van der Waals surface area contributed by atoms with Crippen LogP contribution in [0, 0.1) is 0 Å². The lowest BCUT2D eigenvalue weighted by Gasteiger charge is -2.11. The van der Waals surface area contributed by atoms with Gasteiger partial charge in [0.25, 0.3) is 0 Å². The van der Waals surface area contributed by atoms with E-state index in [1.807, 2.05) is 36.4 Å². The highest BCUT2D eigenvalue weighted by atomic mass is 16.3. The van der Waals surface area contributed by atoms with E-state index in [0.29, 0.717) is 12.8 Å². The van der Waals surface area contributed by atoms with Crippen LogP contribution in [-0.2, 0) is 11.2 Å². The van der Waals surface area contributed by atoms with E-state index in [1.54, 1.807) is 6.08 Å². The van der Waals surface area contributed by atoms with Crippen molar-refractivity contribution in [1.82, 2.24) is 5.32 Å². The van der Waals surface area contributed by atoms with Crippen LogP contribution in [0.25, 0.3) is 0 Å². The van der Waals surface area contributed by atoms with Crippen LogP contribution in [0.1, 0.15) is 12.0 Å². The molecule has 0 saturated heterocycles. The molecule has 1 aliphatic rings. The number of amides is 1. The summed E-state index contributed by atoms with van der Waals surface area (Å²) in [5, 5.41) is 12.1. The Balaban J connectivity index is 1.83. The molecule has 16 heavy (non-hydrogen) atoms. The zero-order valence-electron chi connectivity index (χ0n) is 8.97. The second-order valence-electron chi connectivity index (χ2n) is 4.02. The summed E-state index contributed by atoms with van der Waals surface area (Å²) in [4.78, 5) is 11.6. The fourth-order valence-electron chi connectivity index (χ4n) is 1.83. The van der Waals surface area contributed by atoms with Crippen molar-refractivity contribution in [2.45, 2.75) is 25.0 Å². The Morgan fingerprint density at radius 3 is 2.69 bits per heavy atom. The zero-order chi connectivity index (χ0) is 11.4. The summed E-state index contributed by atoms with van der Waals surface area (Å²) in [5.74, 6) is -0.00468. The molecule has 1 aliphatic carbocycles. The van der Waals surface area contributed by atoms with Crippen LogP contribution >= 0.6 is 0 Å². The van der Waals surface area contributed by atoms with Crippen LogP contribution in [0.2, 0.25) is 0 Å². The zero-order valence-corrected chi connectivity index (χ0v) is 8.97. The first-order valence-electron chi connectivity index (χ1n) is 5.44. The maximum atomic E-state index is 11.6. The van der Waals surface area contributed by atoms with Crippen molar-refractivity contribution in [3.63, 3.8) is 0 Å². The quantitative estimate of drug-likeness (QED) is 0.743. The Bertz CT molecular complexity index is 386. The average Bonchev–Trinajstić information content (AvgIpc) is 2.65. The summed E-state index contributed by atoms with van der Waals surface area (Å²) in [6, 6.07) is 9.60. The molecular formula is C13H15NO2. The Kier molecular flexibility index (Phi) is 3.37. The summed E-state index contributed by atoms with van der Waals surface area (Å²) in [5.41, 5.74) is 1.00. The van der Waals surface area contributed by atoms with E-state index in [-0.39, 0.29) is 11.9 Å². The monoisotopic (exact) mass is 217 g/mol. The lowest BCUT2D eigenvalue weighted by molar-refractivity contribution is -0.120. The molecule has 2 N–H and O–H groups in total. The molecule has 3 heteroatoms. The number of benzene rings is 1. The summed E-state index contributed by atoms with van der Waals surface area (Å²) < 4.78 is 0. The fraction of sp³-hybridized carbons (Fsp3) is 0.308. The number of hydrogen-bond acceptors (Lipinski definition) is 2. The summed E-state index contributed by atoms with van der Waals surface area (Å²) in [7, 11) is 0. The van der Waals surface area contributed by atoms with Gasteiger partial charge in [-0.1, -0.05) is 42.5 Å². The van der Waals surface area contributed by atoms with E-state index in [2.05, 4.69) is 5.32 Å². The predicted molar refractivity (Wildman–Crippen MR) is 61.8 cm³/mol. The molecule has 1 aromatic rings. The highest BCUT2D eigenvalue weighted by Crippen LogP contribution is 2.10. The fourth-order valence-corrected chi connectivity index (χ4v) is 1.83. The first kappa shape index (κ1) is 10.9. The van der Waals surface area contributed by atoms with Crippen LogP contribution in [0.4, 0.5) is 0 Å². The van der Waals surface area contributed by atoms with Gasteiger partial charge in [0, 0.05) is 12.5 Å². The number of rotatable bonds is 3. The summed E-state index contributed by atoms with van der Waals surface area (Å²) in [6.45, 7) is 0. The minimum Gasteiger partial charge on any atom is -0.389 e. The third kappa shape index (κ3) is 2.94. The molecule has 0 saturated carbocycles. The number of hydrogen-bond donors (Lipinski definition) is 2. The van der Waals surface area contributed by atoms with Crippen LogP contribution in [0.5, 0.6) is 0 Å². The lowest BCUT2D eigenvalue weighted by atomic mass is 10.1. The molecule has 0 spiro atoms. The molecule has 84 valence electrons. The topological polar surface area (TPSA) is 49.3 Å². The van der Waals surface area contributed by atoms with Crippen molar-refractivity contribution in [2.75, 3.05) is 0 Å². The van der Waals surface area contributed by atoms with Gasteiger partial charge < -0.3 is 10.4 Å². The normalized spacial score (nSPS) is 23.3. The molecule has 0 radical (unpaired) electrons. The second-order valence-corrected chi connectivity index (χ2v) is 4.02. The van der Waals surface area contributed by atoms with Crippen molar-refractivity contribution in [2.24, 2.45) is 0 Å². The van der Waals surface area contributed by atoms with Gasteiger partial charge in [-0.3, -0.25) is 4.79 Å². The SMILES string of the molecule is O=C(Cc1ccccc1)N[C@H]1C=C[C@@H](O)C1. The Hall–Kier alpha value is -1.61. The molecule has 3 nitrogen and oxygen atoms in total. The standard InChI is InChI=1S/C13H15NO2/c15-12-7-6-11(9-12)14-13(16)8-10-4-2-1-3-5-10/h1-7,11-12,15H,8-9H2,(H,14,16)/t11-,12+/m0/s1.